The lowest BCUT2D eigenvalue weighted by atomic mass is 9.96. The number of Topliss-reactive ketones (excluding diaryl/α,β-unsaturated/α-hetero) is 1. The Balaban J connectivity index is 1.60. The van der Waals surface area contributed by atoms with E-state index in [2.05, 4.69) is 12.2 Å². The average molecular weight is 550 g/mol. The van der Waals surface area contributed by atoms with Gasteiger partial charge in [-0.2, -0.15) is 0 Å². The Labute approximate surface area is 240 Å². The van der Waals surface area contributed by atoms with Gasteiger partial charge in [-0.25, -0.2) is 0 Å². The van der Waals surface area contributed by atoms with E-state index in [1.54, 1.807) is 48.5 Å². The van der Waals surface area contributed by atoms with E-state index in [1.807, 2.05) is 6.07 Å². The molecule has 0 spiro atoms. The highest BCUT2D eigenvalue weighted by Gasteiger charge is 2.21. The molecule has 0 saturated carbocycles. The molecular formula is C34H47NO5. The van der Waals surface area contributed by atoms with Crippen LogP contribution in [-0.2, 0) is 9.59 Å². The quantitative estimate of drug-likeness (QED) is 0.115. The van der Waals surface area contributed by atoms with Crippen molar-refractivity contribution in [3.63, 3.8) is 0 Å². The first-order valence-electron chi connectivity index (χ1n) is 15.1. The predicted molar refractivity (Wildman–Crippen MR) is 160 cm³/mol. The van der Waals surface area contributed by atoms with E-state index in [-0.39, 0.29) is 36.9 Å². The number of nitrogens with one attached hydrogen (secondary N) is 1. The number of ketones is 2. The minimum absolute atomic E-state index is 0.0716. The van der Waals surface area contributed by atoms with Crippen LogP contribution in [0.4, 0.5) is 0 Å². The normalized spacial score (nSPS) is 11.6. The maximum Gasteiger partial charge on any atom is 0.307 e. The molecule has 0 fully saturated rings. The zero-order chi connectivity index (χ0) is 29.0. The predicted octanol–water partition coefficient (Wildman–Crippen LogP) is 7.79. The molecule has 0 aliphatic heterocycles. The van der Waals surface area contributed by atoms with Gasteiger partial charge in [0, 0.05) is 36.1 Å². The zero-order valence-electron chi connectivity index (χ0n) is 24.2. The molecule has 1 atom stereocenters. The maximum absolute atomic E-state index is 12.5. The number of hydrogen-bond donors (Lipinski definition) is 2. The first-order valence-corrected chi connectivity index (χ1v) is 15.1. The van der Waals surface area contributed by atoms with Crippen LogP contribution in [0.2, 0.25) is 0 Å². The van der Waals surface area contributed by atoms with Gasteiger partial charge in [0.1, 0.15) is 0 Å². The first kappa shape index (κ1) is 32.9. The van der Waals surface area contributed by atoms with Gasteiger partial charge >= 0.3 is 5.97 Å². The molecule has 2 N–H and O–H groups in total. The maximum atomic E-state index is 12.5. The van der Waals surface area contributed by atoms with E-state index in [1.165, 1.54) is 57.8 Å². The van der Waals surface area contributed by atoms with Crippen molar-refractivity contribution in [1.82, 2.24) is 5.32 Å². The summed E-state index contributed by atoms with van der Waals surface area (Å²) in [5, 5.41) is 12.2. The van der Waals surface area contributed by atoms with Crippen molar-refractivity contribution in [3.05, 3.63) is 71.3 Å². The third-order valence-corrected chi connectivity index (χ3v) is 7.37. The van der Waals surface area contributed by atoms with Gasteiger partial charge in [0.15, 0.2) is 11.6 Å². The first-order chi connectivity index (χ1) is 19.4. The third-order valence-electron chi connectivity index (χ3n) is 7.37. The molecule has 0 aliphatic rings. The van der Waals surface area contributed by atoms with Crippen molar-refractivity contribution >= 4 is 23.4 Å². The summed E-state index contributed by atoms with van der Waals surface area (Å²) in [5.74, 6) is -2.25. The molecule has 0 saturated heterocycles. The summed E-state index contributed by atoms with van der Waals surface area (Å²) in [6.45, 7) is 2.38. The monoisotopic (exact) mass is 549 g/mol. The molecule has 1 amide bonds. The molecule has 2 aromatic carbocycles. The number of carboxylic acid groups (broad SMARTS) is 1. The Morgan fingerprint density at radius 3 is 1.73 bits per heavy atom. The largest absolute Gasteiger partial charge is 0.481 e. The molecule has 2 rings (SSSR count). The molecule has 2 aromatic rings. The van der Waals surface area contributed by atoms with Crippen LogP contribution in [0.1, 0.15) is 130 Å². The van der Waals surface area contributed by atoms with Gasteiger partial charge in [-0.15, -0.1) is 0 Å². The van der Waals surface area contributed by atoms with Gasteiger partial charge < -0.3 is 10.4 Å². The summed E-state index contributed by atoms with van der Waals surface area (Å²) < 4.78 is 0. The fraction of sp³-hybridized carbons (Fsp3) is 0.529. The molecule has 218 valence electrons. The minimum atomic E-state index is -0.945. The summed E-state index contributed by atoms with van der Waals surface area (Å²) >= 11 is 0. The van der Waals surface area contributed by atoms with Gasteiger partial charge in [0.25, 0.3) is 0 Å². The summed E-state index contributed by atoms with van der Waals surface area (Å²) in [7, 11) is 0. The number of carboxylic acids is 1. The van der Waals surface area contributed by atoms with Crippen molar-refractivity contribution in [1.29, 1.82) is 0 Å². The fourth-order valence-electron chi connectivity index (χ4n) is 4.86. The molecule has 0 bridgehead atoms. The Bertz CT molecular complexity index is 1030. The summed E-state index contributed by atoms with van der Waals surface area (Å²) in [5.41, 5.74) is 1.56. The van der Waals surface area contributed by atoms with Crippen LogP contribution < -0.4 is 5.32 Å². The van der Waals surface area contributed by atoms with Crippen molar-refractivity contribution in [2.45, 2.75) is 103 Å². The molecule has 6 heteroatoms. The molecule has 6 nitrogen and oxygen atoms in total. The van der Waals surface area contributed by atoms with Gasteiger partial charge in [0.2, 0.25) is 5.91 Å². The Hall–Kier alpha value is -3.28. The molecule has 1 unspecified atom stereocenters. The number of carbonyl (C=O) groups excluding carboxylic acids is 3. The summed E-state index contributed by atoms with van der Waals surface area (Å²) in [4.78, 5) is 49.0. The number of carbonyl (C=O) groups is 4. The Kier molecular flexibility index (Phi) is 16.2. The second-order valence-corrected chi connectivity index (χ2v) is 10.7. The highest BCUT2D eigenvalue weighted by atomic mass is 16.4. The van der Waals surface area contributed by atoms with Crippen LogP contribution in [0, 0.1) is 5.92 Å². The smallest absolute Gasteiger partial charge is 0.307 e. The van der Waals surface area contributed by atoms with Crippen molar-refractivity contribution in [2.24, 2.45) is 5.92 Å². The van der Waals surface area contributed by atoms with Crippen molar-refractivity contribution in [2.75, 3.05) is 6.54 Å². The van der Waals surface area contributed by atoms with E-state index >= 15 is 0 Å². The van der Waals surface area contributed by atoms with E-state index < -0.39 is 11.9 Å². The van der Waals surface area contributed by atoms with Crippen molar-refractivity contribution in [3.8, 4) is 0 Å². The van der Waals surface area contributed by atoms with E-state index in [0.29, 0.717) is 23.1 Å². The van der Waals surface area contributed by atoms with Crippen LogP contribution in [-0.4, -0.2) is 35.1 Å². The number of rotatable bonds is 22. The Morgan fingerprint density at radius 2 is 1.18 bits per heavy atom. The van der Waals surface area contributed by atoms with Crippen molar-refractivity contribution < 1.29 is 24.3 Å². The van der Waals surface area contributed by atoms with E-state index in [9.17, 15) is 24.3 Å². The second kappa shape index (κ2) is 19.7. The lowest BCUT2D eigenvalue weighted by Gasteiger charge is -2.12. The molecule has 0 heterocycles. The van der Waals surface area contributed by atoms with Crippen LogP contribution >= 0.6 is 0 Å². The van der Waals surface area contributed by atoms with Crippen LogP contribution in [0.5, 0.6) is 0 Å². The topological polar surface area (TPSA) is 101 Å². The molecule has 0 radical (unpaired) electrons. The fourth-order valence-corrected chi connectivity index (χ4v) is 4.86. The zero-order valence-corrected chi connectivity index (χ0v) is 24.2. The second-order valence-electron chi connectivity index (χ2n) is 10.7. The third kappa shape index (κ3) is 13.2. The number of benzene rings is 2. The summed E-state index contributed by atoms with van der Waals surface area (Å²) in [6, 6.07) is 15.5. The number of amides is 1. The lowest BCUT2D eigenvalue weighted by molar-refractivity contribution is -0.144. The number of aliphatic carboxylic acids is 1. The molecule has 0 aromatic heterocycles. The summed E-state index contributed by atoms with van der Waals surface area (Å²) in [6.07, 6.45) is 15.1. The highest BCUT2D eigenvalue weighted by Crippen LogP contribution is 2.17. The van der Waals surface area contributed by atoms with Gasteiger partial charge in [-0.05, 0) is 6.42 Å². The van der Waals surface area contributed by atoms with Gasteiger partial charge in [0.05, 0.1) is 5.92 Å². The molecular weight excluding hydrogens is 502 g/mol. The highest BCUT2D eigenvalue weighted by molar-refractivity contribution is 6.09. The SMILES string of the molecule is CCCCCCCCCCCCCCC(CC(=O)NCCC(=O)c1ccc(C(=O)c2ccccc2)cc1)C(=O)O. The van der Waals surface area contributed by atoms with Crippen LogP contribution in [0.25, 0.3) is 0 Å². The van der Waals surface area contributed by atoms with E-state index in [0.717, 1.165) is 19.3 Å². The minimum Gasteiger partial charge on any atom is -0.481 e. The van der Waals surface area contributed by atoms with Crippen LogP contribution in [0.3, 0.4) is 0 Å². The standard InChI is InChI=1S/C34H47NO5/c1-2-3-4-5-6-7-8-9-10-11-12-14-19-30(34(39)40)26-32(37)35-25-24-31(36)27-20-22-29(23-21-27)33(38)28-17-15-13-16-18-28/h13,15-18,20-23,30H,2-12,14,19,24-26H2,1H3,(H,35,37)(H,39,40). The van der Waals surface area contributed by atoms with E-state index in [4.69, 9.17) is 0 Å². The van der Waals surface area contributed by atoms with Gasteiger partial charge in [-0.1, -0.05) is 139 Å². The lowest BCUT2D eigenvalue weighted by Crippen LogP contribution is -2.30. The average Bonchev–Trinajstić information content (AvgIpc) is 2.97. The molecule has 0 aliphatic carbocycles. The van der Waals surface area contributed by atoms with Crippen LogP contribution in [0.15, 0.2) is 54.6 Å². The Morgan fingerprint density at radius 1 is 0.675 bits per heavy atom. The number of hydrogen-bond acceptors (Lipinski definition) is 4. The van der Waals surface area contributed by atoms with Gasteiger partial charge in [-0.3, -0.25) is 19.2 Å². The molecule has 40 heavy (non-hydrogen) atoms. The number of unbranched alkanes of at least 4 members (excludes halogenated alkanes) is 11.